The van der Waals surface area contributed by atoms with E-state index >= 15 is 0 Å². The van der Waals surface area contributed by atoms with E-state index in [-0.39, 0.29) is 29.7 Å². The third kappa shape index (κ3) is 5.08. The highest BCUT2D eigenvalue weighted by Crippen LogP contribution is 2.43. The van der Waals surface area contributed by atoms with E-state index in [9.17, 15) is 9.18 Å². The molecule has 4 aromatic rings. The normalized spacial score (nSPS) is 17.1. The number of benzene rings is 2. The van der Waals surface area contributed by atoms with Crippen LogP contribution in [0, 0.1) is 18.7 Å². The van der Waals surface area contributed by atoms with Gasteiger partial charge in [-0.25, -0.2) is 4.39 Å². The van der Waals surface area contributed by atoms with Crippen molar-refractivity contribution in [3.05, 3.63) is 100 Å². The largest absolute Gasteiger partial charge is 0.459 e. The average molecular weight is 594 g/mol. The van der Waals surface area contributed by atoms with Gasteiger partial charge >= 0.3 is 0 Å². The predicted molar refractivity (Wildman–Crippen MR) is 154 cm³/mol. The van der Waals surface area contributed by atoms with Crippen LogP contribution < -0.4 is 15.5 Å². The Kier molecular flexibility index (Phi) is 7.32. The maximum Gasteiger partial charge on any atom is 0.226 e. The van der Waals surface area contributed by atoms with Crippen molar-refractivity contribution in [1.82, 2.24) is 10.3 Å². The number of rotatable bonds is 6. The van der Waals surface area contributed by atoms with Crippen LogP contribution >= 0.6 is 28.1 Å². The van der Waals surface area contributed by atoms with Crippen LogP contribution in [0.1, 0.15) is 42.9 Å². The Morgan fingerprint density at radius 3 is 2.66 bits per heavy atom. The number of aryl methyl sites for hydroxylation is 1. The van der Waals surface area contributed by atoms with Gasteiger partial charge < -0.3 is 20.0 Å². The molecule has 2 N–H and O–H groups in total. The molecule has 2 unspecified atom stereocenters. The number of carbonyl (C=O) groups is 1. The number of aromatic nitrogens is 1. The Morgan fingerprint density at radius 1 is 1.16 bits per heavy atom. The van der Waals surface area contributed by atoms with Crippen molar-refractivity contribution in [2.45, 2.75) is 32.9 Å². The summed E-state index contributed by atoms with van der Waals surface area (Å²) < 4.78 is 21.6. The minimum Gasteiger partial charge on any atom is -0.459 e. The van der Waals surface area contributed by atoms with Crippen molar-refractivity contribution in [3.63, 3.8) is 0 Å². The summed E-state index contributed by atoms with van der Waals surface area (Å²) in [5, 5.41) is 6.89. The van der Waals surface area contributed by atoms with Crippen LogP contribution in [0.2, 0.25) is 0 Å². The Balaban J connectivity index is 1.56. The molecule has 1 amide bonds. The molecule has 1 aliphatic rings. The third-order valence-corrected chi connectivity index (χ3v) is 7.29. The first kappa shape index (κ1) is 26.1. The number of nitrogens with zero attached hydrogens (tertiary/aromatic N) is 2. The van der Waals surface area contributed by atoms with E-state index in [4.69, 9.17) is 16.6 Å². The molecule has 6 nitrogen and oxygen atoms in total. The fraction of sp³-hybridized carbons (Fsp3) is 0.207. The molecule has 1 aliphatic heterocycles. The highest BCUT2D eigenvalue weighted by atomic mass is 79.9. The molecule has 0 spiro atoms. The lowest BCUT2D eigenvalue weighted by Gasteiger charge is -2.27. The molecule has 194 valence electrons. The van der Waals surface area contributed by atoms with Crippen LogP contribution in [-0.4, -0.2) is 16.0 Å². The van der Waals surface area contributed by atoms with Crippen molar-refractivity contribution >= 4 is 50.5 Å². The number of nitrogens with one attached hydrogen (secondary N) is 2. The number of anilines is 2. The summed E-state index contributed by atoms with van der Waals surface area (Å²) in [6.45, 7) is 5.65. The molecule has 3 heterocycles. The van der Waals surface area contributed by atoms with Crippen LogP contribution in [0.15, 0.2) is 81.8 Å². The van der Waals surface area contributed by atoms with E-state index in [0.29, 0.717) is 26.7 Å². The number of furan rings is 1. The molecule has 5 rings (SSSR count). The predicted octanol–water partition coefficient (Wildman–Crippen LogP) is 7.32. The van der Waals surface area contributed by atoms with Crippen molar-refractivity contribution in [1.29, 1.82) is 0 Å². The van der Waals surface area contributed by atoms with E-state index in [1.807, 2.05) is 68.1 Å². The number of halogens is 2. The van der Waals surface area contributed by atoms with Gasteiger partial charge in [0.2, 0.25) is 5.91 Å². The van der Waals surface area contributed by atoms with Gasteiger partial charge in [-0.05, 0) is 85.4 Å². The van der Waals surface area contributed by atoms with Gasteiger partial charge in [-0.15, -0.1) is 0 Å². The standard InChI is InChI=1S/C29H26BrFN4O2S/c1-16(2)28(36)33-22-10-8-19(14-17(22)3)35-27(26(34-29(35)38)23-6-4-5-13-32-23)25-12-11-24(37-25)20-9-7-18(30)15-21(20)31/h4-16,26-27H,1-3H3,(H,33,36)(H,34,38). The van der Waals surface area contributed by atoms with Crippen molar-refractivity contribution in [3.8, 4) is 11.3 Å². The lowest BCUT2D eigenvalue weighted by atomic mass is 10.0. The SMILES string of the molecule is Cc1cc(N2C(=S)NC(c3ccccn3)C2c2ccc(-c3ccc(Br)cc3F)o2)ccc1NC(=O)C(C)C. The fourth-order valence-corrected chi connectivity index (χ4v) is 5.16. The van der Waals surface area contributed by atoms with E-state index in [1.165, 1.54) is 6.07 Å². The Bertz CT molecular complexity index is 1510. The van der Waals surface area contributed by atoms with E-state index < -0.39 is 0 Å². The maximum absolute atomic E-state index is 14.7. The van der Waals surface area contributed by atoms with Gasteiger partial charge in [-0.2, -0.15) is 0 Å². The second-order valence-corrected chi connectivity index (χ2v) is 10.8. The lowest BCUT2D eigenvalue weighted by Crippen LogP contribution is -2.29. The fourth-order valence-electron chi connectivity index (χ4n) is 4.48. The van der Waals surface area contributed by atoms with Gasteiger partial charge in [0, 0.05) is 28.0 Å². The third-order valence-electron chi connectivity index (χ3n) is 6.48. The molecule has 38 heavy (non-hydrogen) atoms. The molecule has 2 atom stereocenters. The summed E-state index contributed by atoms with van der Waals surface area (Å²) in [6, 6.07) is 19.3. The monoisotopic (exact) mass is 592 g/mol. The zero-order valence-corrected chi connectivity index (χ0v) is 23.4. The van der Waals surface area contributed by atoms with Crippen LogP contribution in [0.3, 0.4) is 0 Å². The first-order valence-electron chi connectivity index (χ1n) is 12.2. The minimum absolute atomic E-state index is 0.0457. The van der Waals surface area contributed by atoms with Gasteiger partial charge in [0.15, 0.2) is 5.11 Å². The minimum atomic E-state index is -0.389. The van der Waals surface area contributed by atoms with Crippen LogP contribution in [-0.2, 0) is 4.79 Å². The number of amides is 1. The highest BCUT2D eigenvalue weighted by molar-refractivity contribution is 9.10. The second kappa shape index (κ2) is 10.7. The van der Waals surface area contributed by atoms with Gasteiger partial charge in [0.1, 0.15) is 23.4 Å². The van der Waals surface area contributed by atoms with E-state index in [0.717, 1.165) is 22.6 Å². The van der Waals surface area contributed by atoms with Gasteiger partial charge in [0.25, 0.3) is 0 Å². The molecule has 2 aromatic carbocycles. The van der Waals surface area contributed by atoms with E-state index in [2.05, 4.69) is 31.5 Å². The highest BCUT2D eigenvalue weighted by Gasteiger charge is 2.42. The van der Waals surface area contributed by atoms with E-state index in [1.54, 1.807) is 24.4 Å². The quantitative estimate of drug-likeness (QED) is 0.228. The van der Waals surface area contributed by atoms with Crippen molar-refractivity contribution in [2.75, 3.05) is 10.2 Å². The summed E-state index contributed by atoms with van der Waals surface area (Å²) in [4.78, 5) is 18.8. The van der Waals surface area contributed by atoms with Crippen LogP contribution in [0.5, 0.6) is 0 Å². The molecule has 1 fully saturated rings. The summed E-state index contributed by atoms with van der Waals surface area (Å²) in [5.74, 6) is 0.478. The van der Waals surface area contributed by atoms with Gasteiger partial charge in [-0.1, -0.05) is 35.8 Å². The first-order chi connectivity index (χ1) is 18.2. The zero-order chi connectivity index (χ0) is 27.0. The molecule has 9 heteroatoms. The maximum atomic E-state index is 14.7. The molecule has 0 radical (unpaired) electrons. The van der Waals surface area contributed by atoms with Crippen LogP contribution in [0.4, 0.5) is 15.8 Å². The lowest BCUT2D eigenvalue weighted by molar-refractivity contribution is -0.118. The smallest absolute Gasteiger partial charge is 0.226 e. The molecule has 0 aliphatic carbocycles. The van der Waals surface area contributed by atoms with Gasteiger partial charge in [0.05, 0.1) is 17.3 Å². The molecular weight excluding hydrogens is 567 g/mol. The molecule has 0 bridgehead atoms. The zero-order valence-electron chi connectivity index (χ0n) is 21.0. The molecule has 0 saturated carbocycles. The second-order valence-electron chi connectivity index (χ2n) is 9.47. The number of thiocarbonyl (C=S) groups is 1. The topological polar surface area (TPSA) is 70.4 Å². The Labute approximate surface area is 234 Å². The molecular formula is C29H26BrFN4O2S. The Hall–Kier alpha value is -3.56. The summed E-state index contributed by atoms with van der Waals surface area (Å²) in [6.07, 6.45) is 1.74. The summed E-state index contributed by atoms with van der Waals surface area (Å²) in [5.41, 5.74) is 3.65. The Morgan fingerprint density at radius 2 is 1.97 bits per heavy atom. The van der Waals surface area contributed by atoms with Gasteiger partial charge in [-0.3, -0.25) is 9.78 Å². The number of carbonyl (C=O) groups excluding carboxylic acids is 1. The first-order valence-corrected chi connectivity index (χ1v) is 13.4. The molecule has 1 saturated heterocycles. The van der Waals surface area contributed by atoms with Crippen molar-refractivity contribution < 1.29 is 13.6 Å². The summed E-state index contributed by atoms with van der Waals surface area (Å²) in [7, 11) is 0. The summed E-state index contributed by atoms with van der Waals surface area (Å²) >= 11 is 9.11. The number of hydrogen-bond acceptors (Lipinski definition) is 4. The number of pyridine rings is 1. The average Bonchev–Trinajstić information content (AvgIpc) is 3.50. The van der Waals surface area contributed by atoms with Crippen LogP contribution in [0.25, 0.3) is 11.3 Å². The number of hydrogen-bond donors (Lipinski definition) is 2. The molecule has 2 aromatic heterocycles. The van der Waals surface area contributed by atoms with Crippen molar-refractivity contribution in [2.24, 2.45) is 5.92 Å².